The van der Waals surface area contributed by atoms with E-state index in [0.29, 0.717) is 31.7 Å². The van der Waals surface area contributed by atoms with E-state index in [0.717, 1.165) is 16.9 Å². The van der Waals surface area contributed by atoms with Gasteiger partial charge in [-0.15, -0.1) is 0 Å². The second kappa shape index (κ2) is 9.20. The average molecular weight is 489 g/mol. The molecule has 1 atom stereocenters. The van der Waals surface area contributed by atoms with Gasteiger partial charge < -0.3 is 15.1 Å². The van der Waals surface area contributed by atoms with E-state index in [-0.39, 0.29) is 11.5 Å². The topological polar surface area (TPSA) is 94.6 Å². The van der Waals surface area contributed by atoms with Crippen molar-refractivity contribution in [2.24, 2.45) is 0 Å². The van der Waals surface area contributed by atoms with Crippen LogP contribution in [0.2, 0.25) is 0 Å². The van der Waals surface area contributed by atoms with Crippen molar-refractivity contribution in [3.05, 3.63) is 58.8 Å². The maximum Gasteiger partial charge on any atom is 0.389 e. The number of hydrogen-bond acceptors (Lipinski definition) is 5. The molecule has 3 heterocycles. The summed E-state index contributed by atoms with van der Waals surface area (Å²) in [4.78, 5) is 45.5. The highest BCUT2D eigenvalue weighted by Gasteiger charge is 2.49. The summed E-state index contributed by atoms with van der Waals surface area (Å²) in [5, 5.41) is 4.35. The summed E-state index contributed by atoms with van der Waals surface area (Å²) < 4.78 is 38.6. The van der Waals surface area contributed by atoms with Crippen molar-refractivity contribution in [1.82, 2.24) is 20.5 Å². The molecule has 2 aromatic rings. The standard InChI is InChI=1S/C24H26F3N5O3/c1-15-13-16(2)19(28-14-15)31-9-11-32(12-10-31)20(33)17-3-5-18(6-4-17)23(7-8-24(25,26)27)21(34)29-22(35)30-23/h3-6,13-14H,7-12H2,1-2H3,(H2,29,30,34,35). The first-order chi connectivity index (χ1) is 16.5. The Labute approximate surface area is 200 Å². The van der Waals surface area contributed by atoms with Gasteiger partial charge in [0.1, 0.15) is 11.4 Å². The largest absolute Gasteiger partial charge is 0.389 e. The molecular weight excluding hydrogens is 463 g/mol. The van der Waals surface area contributed by atoms with Gasteiger partial charge >= 0.3 is 12.2 Å². The zero-order chi connectivity index (χ0) is 25.4. The monoisotopic (exact) mass is 489 g/mol. The molecule has 35 heavy (non-hydrogen) atoms. The van der Waals surface area contributed by atoms with Crippen LogP contribution >= 0.6 is 0 Å². The molecule has 2 aliphatic rings. The lowest BCUT2D eigenvalue weighted by Crippen LogP contribution is -2.49. The van der Waals surface area contributed by atoms with Crippen molar-refractivity contribution < 1.29 is 27.6 Å². The number of carbonyl (C=O) groups excluding carboxylic acids is 3. The van der Waals surface area contributed by atoms with Crippen molar-refractivity contribution in [1.29, 1.82) is 0 Å². The van der Waals surface area contributed by atoms with E-state index in [1.54, 1.807) is 4.90 Å². The normalized spacial score (nSPS) is 20.6. The van der Waals surface area contributed by atoms with Gasteiger partial charge in [0.05, 0.1) is 0 Å². The van der Waals surface area contributed by atoms with Crippen molar-refractivity contribution >= 4 is 23.7 Å². The molecule has 4 amide bonds. The third-order valence-electron chi connectivity index (χ3n) is 6.40. The molecule has 0 bridgehead atoms. The smallest absolute Gasteiger partial charge is 0.353 e. The zero-order valence-corrected chi connectivity index (χ0v) is 19.4. The first kappa shape index (κ1) is 24.5. The van der Waals surface area contributed by atoms with E-state index >= 15 is 0 Å². The van der Waals surface area contributed by atoms with Gasteiger partial charge in [0.15, 0.2) is 0 Å². The van der Waals surface area contributed by atoms with E-state index in [2.05, 4.69) is 21.3 Å². The van der Waals surface area contributed by atoms with Crippen molar-refractivity contribution in [3.63, 3.8) is 0 Å². The number of nitrogens with zero attached hydrogens (tertiary/aromatic N) is 3. The molecule has 0 spiro atoms. The van der Waals surface area contributed by atoms with Crippen LogP contribution in [0.5, 0.6) is 0 Å². The summed E-state index contributed by atoms with van der Waals surface area (Å²) in [6.07, 6.45) is -4.57. The van der Waals surface area contributed by atoms with Crippen LogP contribution in [0.3, 0.4) is 0 Å². The number of anilines is 1. The van der Waals surface area contributed by atoms with E-state index in [1.165, 1.54) is 24.3 Å². The predicted octanol–water partition coefficient (Wildman–Crippen LogP) is 3.04. The third kappa shape index (κ3) is 5.08. The van der Waals surface area contributed by atoms with Crippen molar-refractivity contribution in [3.8, 4) is 0 Å². The number of nitrogens with one attached hydrogen (secondary N) is 2. The zero-order valence-electron chi connectivity index (χ0n) is 19.4. The van der Waals surface area contributed by atoms with Crippen LogP contribution in [-0.2, 0) is 10.3 Å². The number of pyridine rings is 1. The first-order valence-corrected chi connectivity index (χ1v) is 11.3. The number of imide groups is 1. The second-order valence-electron chi connectivity index (χ2n) is 8.94. The predicted molar refractivity (Wildman–Crippen MR) is 122 cm³/mol. The number of alkyl halides is 3. The maximum absolute atomic E-state index is 13.0. The Balaban J connectivity index is 1.46. The van der Waals surface area contributed by atoms with Gasteiger partial charge in [0.2, 0.25) is 0 Å². The van der Waals surface area contributed by atoms with Gasteiger partial charge in [0.25, 0.3) is 11.8 Å². The first-order valence-electron chi connectivity index (χ1n) is 11.3. The molecule has 2 N–H and O–H groups in total. The van der Waals surface area contributed by atoms with Crippen LogP contribution in [0.4, 0.5) is 23.8 Å². The molecule has 8 nitrogen and oxygen atoms in total. The van der Waals surface area contributed by atoms with Crippen LogP contribution < -0.4 is 15.5 Å². The minimum Gasteiger partial charge on any atom is -0.353 e. The molecule has 1 aromatic carbocycles. The Morgan fingerprint density at radius 1 is 1.09 bits per heavy atom. The van der Waals surface area contributed by atoms with E-state index < -0.39 is 36.5 Å². The van der Waals surface area contributed by atoms with Crippen molar-refractivity contribution in [2.75, 3.05) is 31.1 Å². The summed E-state index contributed by atoms with van der Waals surface area (Å²) >= 11 is 0. The number of rotatable bonds is 5. The average Bonchev–Trinajstić information content (AvgIpc) is 3.11. The highest BCUT2D eigenvalue weighted by atomic mass is 19.4. The van der Waals surface area contributed by atoms with Crippen molar-refractivity contribution in [2.45, 2.75) is 38.4 Å². The summed E-state index contributed by atoms with van der Waals surface area (Å²) in [7, 11) is 0. The Morgan fingerprint density at radius 3 is 2.29 bits per heavy atom. The lowest BCUT2D eigenvalue weighted by Gasteiger charge is -2.36. The Bertz CT molecular complexity index is 1140. The summed E-state index contributed by atoms with van der Waals surface area (Å²) in [6.45, 7) is 6.20. The number of benzene rings is 1. The molecule has 2 fully saturated rings. The van der Waals surface area contributed by atoms with Crippen LogP contribution in [-0.4, -0.2) is 60.1 Å². The Kier molecular flexibility index (Phi) is 6.44. The maximum atomic E-state index is 13.0. The number of amides is 4. The number of piperazine rings is 1. The SMILES string of the molecule is Cc1cnc(N2CCN(C(=O)c3ccc(C4(CCC(F)(F)F)NC(=O)NC4=O)cc3)CC2)c(C)c1. The Morgan fingerprint density at radius 2 is 1.74 bits per heavy atom. The number of urea groups is 1. The van der Waals surface area contributed by atoms with E-state index in [1.807, 2.05) is 25.4 Å². The molecule has 0 saturated carbocycles. The van der Waals surface area contributed by atoms with Crippen LogP contribution in [0.25, 0.3) is 0 Å². The van der Waals surface area contributed by atoms with Crippen LogP contribution in [0, 0.1) is 13.8 Å². The number of halogens is 3. The highest BCUT2D eigenvalue weighted by molar-refractivity contribution is 6.07. The minimum absolute atomic E-state index is 0.187. The van der Waals surface area contributed by atoms with Gasteiger partial charge in [-0.3, -0.25) is 14.9 Å². The lowest BCUT2D eigenvalue weighted by atomic mass is 9.85. The molecular formula is C24H26F3N5O3. The third-order valence-corrected chi connectivity index (χ3v) is 6.40. The fourth-order valence-corrected chi connectivity index (χ4v) is 4.58. The highest BCUT2D eigenvalue weighted by Crippen LogP contribution is 2.35. The lowest BCUT2D eigenvalue weighted by molar-refractivity contribution is -0.142. The summed E-state index contributed by atoms with van der Waals surface area (Å²) in [5.41, 5.74) is 0.856. The number of hydrogen-bond donors (Lipinski definition) is 2. The molecule has 1 unspecified atom stereocenters. The number of carbonyl (C=O) groups is 3. The summed E-state index contributed by atoms with van der Waals surface area (Å²) in [5.74, 6) is -0.163. The quantitative estimate of drug-likeness (QED) is 0.630. The fourth-order valence-electron chi connectivity index (χ4n) is 4.58. The van der Waals surface area contributed by atoms with Gasteiger partial charge in [-0.05, 0) is 49.1 Å². The minimum atomic E-state index is -4.49. The molecule has 0 aliphatic carbocycles. The fraction of sp³-hybridized carbons (Fsp3) is 0.417. The molecule has 2 aliphatic heterocycles. The van der Waals surface area contributed by atoms with Crippen LogP contribution in [0.1, 0.15) is 39.9 Å². The molecule has 11 heteroatoms. The molecule has 1 aromatic heterocycles. The molecule has 0 radical (unpaired) electrons. The van der Waals surface area contributed by atoms with E-state index in [9.17, 15) is 27.6 Å². The van der Waals surface area contributed by atoms with E-state index in [4.69, 9.17) is 0 Å². The van der Waals surface area contributed by atoms with Gasteiger partial charge in [-0.1, -0.05) is 18.2 Å². The van der Waals surface area contributed by atoms with Gasteiger partial charge in [-0.25, -0.2) is 9.78 Å². The molecule has 186 valence electrons. The Hall–Kier alpha value is -3.63. The number of aromatic nitrogens is 1. The summed E-state index contributed by atoms with van der Waals surface area (Å²) in [6, 6.07) is 7.00. The van der Waals surface area contributed by atoms with Gasteiger partial charge in [-0.2, -0.15) is 13.2 Å². The second-order valence-corrected chi connectivity index (χ2v) is 8.94. The molecule has 4 rings (SSSR count). The number of aryl methyl sites for hydroxylation is 2. The molecule has 2 saturated heterocycles. The van der Waals surface area contributed by atoms with Gasteiger partial charge in [0, 0.05) is 44.4 Å². The van der Waals surface area contributed by atoms with Crippen LogP contribution in [0.15, 0.2) is 36.5 Å².